The van der Waals surface area contributed by atoms with Gasteiger partial charge in [0.25, 0.3) is 0 Å². The van der Waals surface area contributed by atoms with Crippen LogP contribution in [0.1, 0.15) is 33.1 Å². The van der Waals surface area contributed by atoms with Crippen molar-refractivity contribution in [2.24, 2.45) is 17.1 Å². The molecule has 1 fully saturated rings. The highest BCUT2D eigenvalue weighted by Crippen LogP contribution is 2.27. The first-order chi connectivity index (χ1) is 11.0. The molecule has 1 unspecified atom stereocenters. The van der Waals surface area contributed by atoms with Gasteiger partial charge >= 0.3 is 0 Å². The fourth-order valence-electron chi connectivity index (χ4n) is 3.26. The number of nitrogens with two attached hydrogens (primary N) is 1. The highest BCUT2D eigenvalue weighted by Gasteiger charge is 2.34. The predicted molar refractivity (Wildman–Crippen MR) is 114 cm³/mol. The summed E-state index contributed by atoms with van der Waals surface area (Å²) in [7, 11) is 0. The van der Waals surface area contributed by atoms with Gasteiger partial charge in [0.15, 0.2) is 0 Å². The molecule has 25 heavy (non-hydrogen) atoms. The van der Waals surface area contributed by atoms with E-state index in [4.69, 9.17) is 5.73 Å². The van der Waals surface area contributed by atoms with Gasteiger partial charge in [-0.05, 0) is 49.4 Å². The predicted octanol–water partition coefficient (Wildman–Crippen LogP) is 4.00. The highest BCUT2D eigenvalue weighted by molar-refractivity contribution is 9.10. The Balaban J connectivity index is 0.00000288. The molecule has 0 spiro atoms. The summed E-state index contributed by atoms with van der Waals surface area (Å²) in [4.78, 5) is 14.9. The first-order valence-corrected chi connectivity index (χ1v) is 9.32. The fraction of sp³-hybridized carbons (Fsp3) is 0.611. The molecule has 1 heterocycles. The van der Waals surface area contributed by atoms with Gasteiger partial charge in [0, 0.05) is 36.3 Å². The first kappa shape index (κ1) is 24.5. The van der Waals surface area contributed by atoms with Crippen LogP contribution in [0, 0.1) is 11.3 Å². The minimum absolute atomic E-state index is 0. The molecular weight excluding hydrogens is 425 g/mol. The molecule has 1 aliphatic heterocycles. The largest absolute Gasteiger partial charge is 0.371 e. The van der Waals surface area contributed by atoms with E-state index in [-0.39, 0.29) is 30.7 Å². The number of nitrogens with one attached hydrogen (secondary N) is 1. The van der Waals surface area contributed by atoms with Crippen molar-refractivity contribution in [3.63, 3.8) is 0 Å². The van der Waals surface area contributed by atoms with Crippen molar-refractivity contribution in [2.75, 3.05) is 31.1 Å². The van der Waals surface area contributed by atoms with Gasteiger partial charge in [-0.25, -0.2) is 0 Å². The van der Waals surface area contributed by atoms with Crippen LogP contribution in [-0.2, 0) is 4.79 Å². The topological polar surface area (TPSA) is 58.4 Å². The van der Waals surface area contributed by atoms with Crippen molar-refractivity contribution in [3.05, 3.63) is 28.7 Å². The summed E-state index contributed by atoms with van der Waals surface area (Å²) in [6.45, 7) is 7.29. The molecular formula is C18H30BrCl2N3O. The van der Waals surface area contributed by atoms with E-state index in [1.165, 1.54) is 5.69 Å². The normalized spacial score (nSPS) is 16.8. The minimum Gasteiger partial charge on any atom is -0.371 e. The zero-order chi connectivity index (χ0) is 16.9. The third-order valence-corrected chi connectivity index (χ3v) is 5.78. The molecule has 0 saturated carbocycles. The Morgan fingerprint density at radius 2 is 1.88 bits per heavy atom. The Hall–Kier alpha value is -0.490. The second-order valence-corrected chi connectivity index (χ2v) is 7.39. The smallest absolute Gasteiger partial charge is 0.227 e. The van der Waals surface area contributed by atoms with Crippen LogP contribution in [0.4, 0.5) is 5.69 Å². The molecule has 4 nitrogen and oxygen atoms in total. The van der Waals surface area contributed by atoms with E-state index in [2.05, 4.69) is 50.4 Å². The molecule has 1 saturated heterocycles. The average Bonchev–Trinajstić information content (AvgIpc) is 3.04. The maximum atomic E-state index is 12.5. The van der Waals surface area contributed by atoms with Crippen LogP contribution in [0.25, 0.3) is 0 Å². The first-order valence-electron chi connectivity index (χ1n) is 8.53. The molecule has 3 N–H and O–H groups in total. The van der Waals surface area contributed by atoms with E-state index in [0.29, 0.717) is 12.5 Å². The molecule has 0 aliphatic carbocycles. The number of hydrogen-bond donors (Lipinski definition) is 2. The van der Waals surface area contributed by atoms with Gasteiger partial charge < -0.3 is 16.0 Å². The molecule has 0 aromatic heterocycles. The summed E-state index contributed by atoms with van der Waals surface area (Å²) in [6, 6.07) is 8.42. The zero-order valence-corrected chi connectivity index (χ0v) is 18.2. The van der Waals surface area contributed by atoms with Crippen LogP contribution >= 0.6 is 40.7 Å². The monoisotopic (exact) mass is 453 g/mol. The summed E-state index contributed by atoms with van der Waals surface area (Å²) in [6.07, 6.45) is 2.70. The Morgan fingerprint density at radius 1 is 1.28 bits per heavy atom. The van der Waals surface area contributed by atoms with Crippen LogP contribution in [0.5, 0.6) is 0 Å². The van der Waals surface area contributed by atoms with Gasteiger partial charge in [0.05, 0.1) is 5.41 Å². The van der Waals surface area contributed by atoms with Crippen LogP contribution < -0.4 is 16.0 Å². The lowest BCUT2D eigenvalue weighted by Gasteiger charge is -2.29. The molecule has 0 bridgehead atoms. The number of carbonyl (C=O) groups is 1. The highest BCUT2D eigenvalue weighted by atomic mass is 79.9. The van der Waals surface area contributed by atoms with Crippen LogP contribution in [0.2, 0.25) is 0 Å². The fourth-order valence-corrected chi connectivity index (χ4v) is 3.53. The number of halogens is 3. The molecule has 1 aromatic carbocycles. The summed E-state index contributed by atoms with van der Waals surface area (Å²) >= 11 is 3.47. The lowest BCUT2D eigenvalue weighted by atomic mass is 9.81. The number of rotatable bonds is 7. The molecule has 144 valence electrons. The Kier molecular flexibility index (Phi) is 11.1. The van der Waals surface area contributed by atoms with Crippen molar-refractivity contribution in [2.45, 2.75) is 33.1 Å². The molecule has 1 aromatic rings. The van der Waals surface area contributed by atoms with E-state index in [1.807, 2.05) is 13.8 Å². The zero-order valence-electron chi connectivity index (χ0n) is 15.0. The van der Waals surface area contributed by atoms with Crippen LogP contribution in [0.15, 0.2) is 28.7 Å². The lowest BCUT2D eigenvalue weighted by Crippen LogP contribution is -2.46. The minimum atomic E-state index is -0.399. The van der Waals surface area contributed by atoms with E-state index in [9.17, 15) is 4.79 Å². The number of amides is 1. The number of benzene rings is 1. The second kappa shape index (κ2) is 11.3. The Labute approximate surface area is 172 Å². The number of anilines is 1. The summed E-state index contributed by atoms with van der Waals surface area (Å²) in [5.41, 5.74) is 6.70. The molecule has 7 heteroatoms. The van der Waals surface area contributed by atoms with Crippen molar-refractivity contribution >= 4 is 52.3 Å². The molecule has 1 aliphatic rings. The van der Waals surface area contributed by atoms with Crippen molar-refractivity contribution < 1.29 is 4.79 Å². The van der Waals surface area contributed by atoms with Gasteiger partial charge in [0.1, 0.15) is 0 Å². The van der Waals surface area contributed by atoms with E-state index < -0.39 is 5.41 Å². The number of carbonyl (C=O) groups excluding carboxylic acids is 1. The van der Waals surface area contributed by atoms with Gasteiger partial charge in [-0.3, -0.25) is 4.79 Å². The quantitative estimate of drug-likeness (QED) is 0.654. The van der Waals surface area contributed by atoms with E-state index in [1.54, 1.807) is 0 Å². The maximum Gasteiger partial charge on any atom is 0.227 e. The van der Waals surface area contributed by atoms with Gasteiger partial charge in [-0.1, -0.05) is 29.8 Å². The van der Waals surface area contributed by atoms with Crippen molar-refractivity contribution in [3.8, 4) is 0 Å². The van der Waals surface area contributed by atoms with Gasteiger partial charge in [-0.15, -0.1) is 24.8 Å². The third-order valence-electron chi connectivity index (χ3n) is 5.25. The van der Waals surface area contributed by atoms with Gasteiger partial charge in [-0.2, -0.15) is 0 Å². The number of nitrogens with zero attached hydrogens (tertiary/aromatic N) is 1. The number of hydrogen-bond acceptors (Lipinski definition) is 3. The molecule has 0 radical (unpaired) electrons. The molecule has 2 rings (SSSR count). The van der Waals surface area contributed by atoms with Crippen molar-refractivity contribution in [1.29, 1.82) is 0 Å². The lowest BCUT2D eigenvalue weighted by molar-refractivity contribution is -0.131. The standard InChI is InChI=1S/C18H28BrN3O.2ClH/c1-3-18(4-2,13-20)17(23)21-11-14-9-10-22(12-14)16-7-5-15(19)6-8-16;;/h5-8,14H,3-4,9-13,20H2,1-2H3,(H,21,23);2*1H. The Bertz CT molecular complexity index is 515. The SMILES string of the molecule is CCC(CC)(CN)C(=O)NCC1CCN(c2ccc(Br)cc2)C1.Cl.Cl. The summed E-state index contributed by atoms with van der Waals surface area (Å²) in [5, 5.41) is 3.15. The van der Waals surface area contributed by atoms with Crippen LogP contribution in [-0.4, -0.2) is 32.1 Å². The second-order valence-electron chi connectivity index (χ2n) is 6.48. The van der Waals surface area contributed by atoms with E-state index in [0.717, 1.165) is 43.4 Å². The average molecular weight is 455 g/mol. The molecule has 1 atom stereocenters. The summed E-state index contributed by atoms with van der Waals surface area (Å²) < 4.78 is 1.10. The summed E-state index contributed by atoms with van der Waals surface area (Å²) in [5.74, 6) is 0.624. The van der Waals surface area contributed by atoms with Gasteiger partial charge in [0.2, 0.25) is 5.91 Å². The van der Waals surface area contributed by atoms with Crippen molar-refractivity contribution in [1.82, 2.24) is 5.32 Å². The maximum absolute atomic E-state index is 12.5. The molecule has 1 amide bonds. The van der Waals surface area contributed by atoms with Crippen LogP contribution in [0.3, 0.4) is 0 Å². The Morgan fingerprint density at radius 3 is 2.40 bits per heavy atom. The van der Waals surface area contributed by atoms with E-state index >= 15 is 0 Å². The third kappa shape index (κ3) is 6.02.